The largest absolute Gasteiger partial charge is 0.342 e. The second-order valence-corrected chi connectivity index (χ2v) is 5.35. The van der Waals surface area contributed by atoms with Crippen molar-refractivity contribution in [2.45, 2.75) is 24.8 Å². The van der Waals surface area contributed by atoms with Crippen LogP contribution in [0.15, 0.2) is 48.5 Å². The Balaban J connectivity index is 1.90. The van der Waals surface area contributed by atoms with E-state index in [0.717, 1.165) is 37.0 Å². The molecule has 2 nitrogen and oxygen atoms in total. The number of rotatable bonds is 3. The minimum absolute atomic E-state index is 0.507. The SMILES string of the molecule is O=C(NC1(c2ccccc2)CCC1)c1c(F)cccc1F. The van der Waals surface area contributed by atoms with Gasteiger partial charge in [-0.3, -0.25) is 4.79 Å². The molecule has 1 amide bonds. The Morgan fingerprint density at radius 2 is 1.57 bits per heavy atom. The molecule has 1 saturated carbocycles. The van der Waals surface area contributed by atoms with E-state index in [0.29, 0.717) is 0 Å². The van der Waals surface area contributed by atoms with Gasteiger partial charge in [-0.05, 0) is 37.0 Å². The number of hydrogen-bond acceptors (Lipinski definition) is 1. The lowest BCUT2D eigenvalue weighted by Crippen LogP contribution is -2.51. The number of benzene rings is 2. The van der Waals surface area contributed by atoms with Crippen LogP contribution in [0.4, 0.5) is 8.78 Å². The molecule has 1 aliphatic rings. The van der Waals surface area contributed by atoms with Crippen molar-refractivity contribution in [3.8, 4) is 0 Å². The zero-order valence-electron chi connectivity index (χ0n) is 11.4. The summed E-state index contributed by atoms with van der Waals surface area (Å²) in [5, 5.41) is 2.83. The Hall–Kier alpha value is -2.23. The lowest BCUT2D eigenvalue weighted by molar-refractivity contribution is 0.0814. The van der Waals surface area contributed by atoms with Gasteiger partial charge in [0.25, 0.3) is 5.91 Å². The van der Waals surface area contributed by atoms with Crippen LogP contribution in [0.1, 0.15) is 35.2 Å². The highest BCUT2D eigenvalue weighted by Crippen LogP contribution is 2.41. The minimum atomic E-state index is -0.838. The summed E-state index contributed by atoms with van der Waals surface area (Å²) in [6, 6.07) is 13.0. The van der Waals surface area contributed by atoms with Crippen molar-refractivity contribution in [3.05, 3.63) is 71.3 Å². The molecule has 0 atom stereocenters. The van der Waals surface area contributed by atoms with Crippen molar-refractivity contribution in [3.63, 3.8) is 0 Å². The molecule has 0 aliphatic heterocycles. The van der Waals surface area contributed by atoms with Gasteiger partial charge in [-0.1, -0.05) is 36.4 Å². The van der Waals surface area contributed by atoms with E-state index in [1.807, 2.05) is 30.3 Å². The van der Waals surface area contributed by atoms with Crippen LogP contribution in [0.3, 0.4) is 0 Å². The van der Waals surface area contributed by atoms with E-state index in [-0.39, 0.29) is 0 Å². The molecule has 4 heteroatoms. The fraction of sp³-hybridized carbons (Fsp3) is 0.235. The maximum atomic E-state index is 13.7. The molecule has 0 radical (unpaired) electrons. The Morgan fingerprint density at radius 3 is 2.10 bits per heavy atom. The number of hydrogen-bond donors (Lipinski definition) is 1. The molecule has 21 heavy (non-hydrogen) atoms. The zero-order chi connectivity index (χ0) is 14.9. The first-order valence-electron chi connectivity index (χ1n) is 6.94. The van der Waals surface area contributed by atoms with Gasteiger partial charge in [0.1, 0.15) is 17.2 Å². The maximum absolute atomic E-state index is 13.7. The molecule has 108 valence electrons. The summed E-state index contributed by atoms with van der Waals surface area (Å²) in [5.74, 6) is -2.38. The number of nitrogens with one attached hydrogen (secondary N) is 1. The van der Waals surface area contributed by atoms with Crippen molar-refractivity contribution in [2.75, 3.05) is 0 Å². The van der Waals surface area contributed by atoms with E-state index in [1.165, 1.54) is 6.07 Å². The van der Waals surface area contributed by atoms with Crippen molar-refractivity contribution in [1.82, 2.24) is 5.32 Å². The molecule has 1 fully saturated rings. The topological polar surface area (TPSA) is 29.1 Å². The van der Waals surface area contributed by atoms with E-state index < -0.39 is 28.6 Å². The predicted molar refractivity (Wildman–Crippen MR) is 75.8 cm³/mol. The summed E-state index contributed by atoms with van der Waals surface area (Å²) >= 11 is 0. The molecule has 0 heterocycles. The summed E-state index contributed by atoms with van der Waals surface area (Å²) in [4.78, 5) is 12.3. The average Bonchev–Trinajstić information content (AvgIpc) is 2.43. The molecule has 1 N–H and O–H groups in total. The molecule has 0 aromatic heterocycles. The van der Waals surface area contributed by atoms with E-state index in [9.17, 15) is 13.6 Å². The molecule has 2 aromatic carbocycles. The molecule has 0 unspecified atom stereocenters. The maximum Gasteiger partial charge on any atom is 0.257 e. The van der Waals surface area contributed by atoms with Crippen LogP contribution >= 0.6 is 0 Å². The highest BCUT2D eigenvalue weighted by molar-refractivity contribution is 5.95. The van der Waals surface area contributed by atoms with Gasteiger partial charge in [0, 0.05) is 0 Å². The molecule has 0 spiro atoms. The first-order chi connectivity index (χ1) is 10.1. The lowest BCUT2D eigenvalue weighted by Gasteiger charge is -2.43. The third-order valence-electron chi connectivity index (χ3n) is 4.08. The standard InChI is InChI=1S/C17H15F2NO/c18-13-8-4-9-14(19)15(13)16(21)20-17(10-5-11-17)12-6-2-1-3-7-12/h1-4,6-9H,5,10-11H2,(H,20,21). The van der Waals surface area contributed by atoms with Gasteiger partial charge >= 0.3 is 0 Å². The second kappa shape index (κ2) is 5.28. The first-order valence-corrected chi connectivity index (χ1v) is 6.94. The van der Waals surface area contributed by atoms with E-state index >= 15 is 0 Å². The van der Waals surface area contributed by atoms with Crippen LogP contribution in [-0.2, 0) is 5.54 Å². The Kier molecular flexibility index (Phi) is 3.45. The number of amides is 1. The third kappa shape index (κ3) is 2.42. The van der Waals surface area contributed by atoms with Gasteiger partial charge in [0.2, 0.25) is 0 Å². The van der Waals surface area contributed by atoms with Crippen molar-refractivity contribution in [1.29, 1.82) is 0 Å². The Bertz CT molecular complexity index is 645. The van der Waals surface area contributed by atoms with Crippen LogP contribution < -0.4 is 5.32 Å². The monoisotopic (exact) mass is 287 g/mol. The van der Waals surface area contributed by atoms with Crippen molar-refractivity contribution in [2.24, 2.45) is 0 Å². The smallest absolute Gasteiger partial charge is 0.257 e. The predicted octanol–water partition coefficient (Wildman–Crippen LogP) is 3.77. The number of carbonyl (C=O) groups is 1. The fourth-order valence-electron chi connectivity index (χ4n) is 2.77. The number of halogens is 2. The summed E-state index contributed by atoms with van der Waals surface area (Å²) in [6.45, 7) is 0. The van der Waals surface area contributed by atoms with Gasteiger partial charge in [-0.15, -0.1) is 0 Å². The van der Waals surface area contributed by atoms with E-state index in [2.05, 4.69) is 5.32 Å². The first kappa shape index (κ1) is 13.7. The summed E-state index contributed by atoms with van der Waals surface area (Å²) < 4.78 is 27.4. The van der Waals surface area contributed by atoms with Gasteiger partial charge in [-0.2, -0.15) is 0 Å². The fourth-order valence-corrected chi connectivity index (χ4v) is 2.77. The Morgan fingerprint density at radius 1 is 0.952 bits per heavy atom. The van der Waals surface area contributed by atoms with Crippen LogP contribution in [0.25, 0.3) is 0 Å². The Labute approximate surface area is 121 Å². The average molecular weight is 287 g/mol. The van der Waals surface area contributed by atoms with E-state index in [1.54, 1.807) is 0 Å². The van der Waals surface area contributed by atoms with Crippen LogP contribution in [-0.4, -0.2) is 5.91 Å². The van der Waals surface area contributed by atoms with Gasteiger partial charge in [-0.25, -0.2) is 8.78 Å². The quantitative estimate of drug-likeness (QED) is 0.914. The van der Waals surface area contributed by atoms with Gasteiger partial charge < -0.3 is 5.32 Å². The molecule has 0 saturated heterocycles. The highest BCUT2D eigenvalue weighted by Gasteiger charge is 2.40. The molecule has 0 bridgehead atoms. The van der Waals surface area contributed by atoms with Gasteiger partial charge in [0.05, 0.1) is 5.54 Å². The molecular formula is C17H15F2NO. The van der Waals surface area contributed by atoms with Gasteiger partial charge in [0.15, 0.2) is 0 Å². The van der Waals surface area contributed by atoms with Crippen molar-refractivity contribution < 1.29 is 13.6 Å². The summed E-state index contributed by atoms with van der Waals surface area (Å²) in [6.07, 6.45) is 2.53. The van der Waals surface area contributed by atoms with E-state index in [4.69, 9.17) is 0 Å². The van der Waals surface area contributed by atoms with Crippen molar-refractivity contribution >= 4 is 5.91 Å². The van der Waals surface area contributed by atoms with Crippen LogP contribution in [0.2, 0.25) is 0 Å². The minimum Gasteiger partial charge on any atom is -0.342 e. The normalized spacial score (nSPS) is 16.1. The molecule has 2 aromatic rings. The third-order valence-corrected chi connectivity index (χ3v) is 4.08. The number of carbonyl (C=O) groups excluding carboxylic acids is 1. The summed E-state index contributed by atoms with van der Waals surface area (Å²) in [7, 11) is 0. The van der Waals surface area contributed by atoms with Crippen LogP contribution in [0, 0.1) is 11.6 Å². The molecular weight excluding hydrogens is 272 g/mol. The highest BCUT2D eigenvalue weighted by atomic mass is 19.1. The molecule has 3 rings (SSSR count). The lowest BCUT2D eigenvalue weighted by atomic mass is 9.71. The zero-order valence-corrected chi connectivity index (χ0v) is 11.4. The second-order valence-electron chi connectivity index (χ2n) is 5.35. The molecule has 1 aliphatic carbocycles. The van der Waals surface area contributed by atoms with Crippen LogP contribution in [0.5, 0.6) is 0 Å². The summed E-state index contributed by atoms with van der Waals surface area (Å²) in [5.41, 5.74) is -0.0476.